The van der Waals surface area contributed by atoms with Crippen LogP contribution in [-0.4, -0.2) is 33.5 Å². The molecule has 0 atom stereocenters. The van der Waals surface area contributed by atoms with Crippen molar-refractivity contribution in [3.63, 3.8) is 0 Å². The van der Waals surface area contributed by atoms with E-state index in [4.69, 9.17) is 10.9 Å². The van der Waals surface area contributed by atoms with Gasteiger partial charge in [0, 0.05) is 31.0 Å². The number of aryl methyl sites for hydroxylation is 1. The average molecular weight is 257 g/mol. The van der Waals surface area contributed by atoms with Gasteiger partial charge in [0.2, 0.25) is 5.13 Å². The van der Waals surface area contributed by atoms with E-state index in [1.165, 1.54) is 11.5 Å². The fourth-order valence-electron chi connectivity index (χ4n) is 1.42. The van der Waals surface area contributed by atoms with Crippen LogP contribution >= 0.6 is 11.5 Å². The molecule has 0 aromatic carbocycles. The molecule has 1 heterocycles. The minimum atomic E-state index is 0.236. The number of hydrogen-bond acceptors (Lipinski definition) is 6. The lowest BCUT2D eigenvalue weighted by Gasteiger charge is -2.22. The van der Waals surface area contributed by atoms with Crippen LogP contribution in [0.25, 0.3) is 0 Å². The molecule has 0 radical (unpaired) electrons. The van der Waals surface area contributed by atoms with Gasteiger partial charge in [-0.3, -0.25) is 0 Å². The van der Waals surface area contributed by atoms with Crippen molar-refractivity contribution in [2.45, 2.75) is 27.2 Å². The van der Waals surface area contributed by atoms with Gasteiger partial charge in [-0.25, -0.2) is 4.98 Å². The molecule has 7 heteroatoms. The lowest BCUT2D eigenvalue weighted by molar-refractivity contribution is 0.317. The predicted octanol–water partition coefficient (Wildman–Crippen LogP) is 1.45. The number of rotatable bonds is 6. The molecule has 0 bridgehead atoms. The van der Waals surface area contributed by atoms with Gasteiger partial charge in [0.15, 0.2) is 0 Å². The van der Waals surface area contributed by atoms with Crippen molar-refractivity contribution in [2.24, 2.45) is 16.8 Å². The highest BCUT2D eigenvalue weighted by molar-refractivity contribution is 7.09. The topological polar surface area (TPSA) is 87.6 Å². The van der Waals surface area contributed by atoms with E-state index in [1.54, 1.807) is 0 Å². The van der Waals surface area contributed by atoms with Crippen LogP contribution in [0, 0.1) is 12.8 Å². The standard InChI is InChI=1S/C10H19N5OS/c1-7(2)6-15(5-4-9(11)13-16)10-12-8(3)14-17-10/h7,16H,4-6H2,1-3H3,(H2,11,13). The predicted molar refractivity (Wildman–Crippen MR) is 69.7 cm³/mol. The van der Waals surface area contributed by atoms with Gasteiger partial charge >= 0.3 is 0 Å². The molecule has 1 aromatic heterocycles. The first-order chi connectivity index (χ1) is 8.02. The third kappa shape index (κ3) is 4.56. The largest absolute Gasteiger partial charge is 0.409 e. The Hall–Kier alpha value is -1.37. The fourth-order valence-corrected chi connectivity index (χ4v) is 2.13. The minimum absolute atomic E-state index is 0.236. The molecular formula is C10H19N5OS. The molecule has 0 amide bonds. The first-order valence-corrected chi connectivity index (χ1v) is 6.32. The zero-order valence-electron chi connectivity index (χ0n) is 10.4. The molecule has 6 nitrogen and oxygen atoms in total. The smallest absolute Gasteiger partial charge is 0.205 e. The first-order valence-electron chi connectivity index (χ1n) is 5.54. The minimum Gasteiger partial charge on any atom is -0.409 e. The van der Waals surface area contributed by atoms with Crippen molar-refractivity contribution >= 4 is 22.5 Å². The SMILES string of the molecule is Cc1nsc(N(CCC(N)=NO)CC(C)C)n1. The molecule has 0 unspecified atom stereocenters. The van der Waals surface area contributed by atoms with E-state index in [-0.39, 0.29) is 5.84 Å². The van der Waals surface area contributed by atoms with Gasteiger partial charge in [-0.1, -0.05) is 19.0 Å². The van der Waals surface area contributed by atoms with Crippen molar-refractivity contribution in [3.8, 4) is 0 Å². The average Bonchev–Trinajstić information content (AvgIpc) is 2.70. The maximum absolute atomic E-state index is 8.52. The maximum Gasteiger partial charge on any atom is 0.205 e. The fraction of sp³-hybridized carbons (Fsp3) is 0.700. The van der Waals surface area contributed by atoms with Crippen LogP contribution in [-0.2, 0) is 0 Å². The van der Waals surface area contributed by atoms with Gasteiger partial charge in [0.25, 0.3) is 0 Å². The summed E-state index contributed by atoms with van der Waals surface area (Å²) in [6, 6.07) is 0. The Kier molecular flexibility index (Phi) is 5.14. The summed E-state index contributed by atoms with van der Waals surface area (Å²) in [4.78, 5) is 6.48. The summed E-state index contributed by atoms with van der Waals surface area (Å²) in [7, 11) is 0. The lowest BCUT2D eigenvalue weighted by atomic mass is 10.2. The number of hydrogen-bond donors (Lipinski definition) is 2. The molecule has 96 valence electrons. The van der Waals surface area contributed by atoms with Gasteiger partial charge in [-0.2, -0.15) is 4.37 Å². The molecule has 3 N–H and O–H groups in total. The molecule has 17 heavy (non-hydrogen) atoms. The van der Waals surface area contributed by atoms with Crippen LogP contribution in [0.5, 0.6) is 0 Å². The summed E-state index contributed by atoms with van der Waals surface area (Å²) in [6.07, 6.45) is 0.516. The molecule has 0 spiro atoms. The highest BCUT2D eigenvalue weighted by Gasteiger charge is 2.13. The van der Waals surface area contributed by atoms with Gasteiger partial charge in [0.05, 0.1) is 0 Å². The number of oxime groups is 1. The highest BCUT2D eigenvalue weighted by atomic mass is 32.1. The second-order valence-electron chi connectivity index (χ2n) is 4.31. The van der Waals surface area contributed by atoms with E-state index >= 15 is 0 Å². The summed E-state index contributed by atoms with van der Waals surface area (Å²) in [6.45, 7) is 7.72. The van der Waals surface area contributed by atoms with Gasteiger partial charge in [-0.15, -0.1) is 0 Å². The maximum atomic E-state index is 8.52. The molecule has 0 aliphatic rings. The molecular weight excluding hydrogens is 238 g/mol. The van der Waals surface area contributed by atoms with E-state index in [0.717, 1.165) is 17.5 Å². The number of anilines is 1. The molecule has 0 aliphatic carbocycles. The van der Waals surface area contributed by atoms with Crippen LogP contribution in [0.15, 0.2) is 5.16 Å². The van der Waals surface area contributed by atoms with E-state index < -0.39 is 0 Å². The summed E-state index contributed by atoms with van der Waals surface area (Å²) in [5.74, 6) is 1.54. The zero-order valence-corrected chi connectivity index (χ0v) is 11.2. The van der Waals surface area contributed by atoms with E-state index in [0.29, 0.717) is 18.9 Å². The Morgan fingerprint density at radius 2 is 2.29 bits per heavy atom. The summed E-state index contributed by atoms with van der Waals surface area (Å²) < 4.78 is 4.17. The third-order valence-electron chi connectivity index (χ3n) is 2.14. The first kappa shape index (κ1) is 13.7. The number of aromatic nitrogens is 2. The van der Waals surface area contributed by atoms with Crippen molar-refractivity contribution in [2.75, 3.05) is 18.0 Å². The van der Waals surface area contributed by atoms with Gasteiger partial charge < -0.3 is 15.8 Å². The normalized spacial score (nSPS) is 12.1. The Labute approximate surface area is 105 Å². The van der Waals surface area contributed by atoms with Crippen molar-refractivity contribution < 1.29 is 5.21 Å². The summed E-state index contributed by atoms with van der Waals surface area (Å²) in [5.41, 5.74) is 5.48. The van der Waals surface area contributed by atoms with Gasteiger partial charge in [0.1, 0.15) is 11.7 Å². The second kappa shape index (κ2) is 6.39. The molecule has 1 rings (SSSR count). The quantitative estimate of drug-likeness (QED) is 0.348. The Morgan fingerprint density at radius 3 is 2.76 bits per heavy atom. The van der Waals surface area contributed by atoms with E-state index in [2.05, 4.69) is 33.3 Å². The summed E-state index contributed by atoms with van der Waals surface area (Å²) >= 11 is 1.38. The Bertz CT molecular complexity index is 377. The molecule has 0 saturated heterocycles. The second-order valence-corrected chi connectivity index (χ2v) is 5.04. The van der Waals surface area contributed by atoms with Crippen LogP contribution < -0.4 is 10.6 Å². The van der Waals surface area contributed by atoms with E-state index in [9.17, 15) is 0 Å². The third-order valence-corrected chi connectivity index (χ3v) is 3.01. The number of nitrogens with two attached hydrogens (primary N) is 1. The van der Waals surface area contributed by atoms with Crippen LogP contribution in [0.3, 0.4) is 0 Å². The van der Waals surface area contributed by atoms with Crippen molar-refractivity contribution in [1.29, 1.82) is 0 Å². The lowest BCUT2D eigenvalue weighted by Crippen LogP contribution is -2.31. The van der Waals surface area contributed by atoms with Crippen LogP contribution in [0.4, 0.5) is 5.13 Å². The van der Waals surface area contributed by atoms with E-state index in [1.807, 2.05) is 6.92 Å². The van der Waals surface area contributed by atoms with Crippen molar-refractivity contribution in [3.05, 3.63) is 5.82 Å². The van der Waals surface area contributed by atoms with Crippen LogP contribution in [0.2, 0.25) is 0 Å². The summed E-state index contributed by atoms with van der Waals surface area (Å²) in [5, 5.41) is 12.4. The molecule has 0 fully saturated rings. The zero-order chi connectivity index (χ0) is 12.8. The Balaban J connectivity index is 2.67. The van der Waals surface area contributed by atoms with Crippen LogP contribution in [0.1, 0.15) is 26.1 Å². The number of nitrogens with zero attached hydrogens (tertiary/aromatic N) is 4. The number of amidine groups is 1. The molecule has 0 aliphatic heterocycles. The molecule has 0 saturated carbocycles. The van der Waals surface area contributed by atoms with Crippen molar-refractivity contribution in [1.82, 2.24) is 9.36 Å². The van der Waals surface area contributed by atoms with Gasteiger partial charge in [-0.05, 0) is 12.8 Å². The highest BCUT2D eigenvalue weighted by Crippen LogP contribution is 2.18. The monoisotopic (exact) mass is 257 g/mol. The Morgan fingerprint density at radius 1 is 1.59 bits per heavy atom. The molecule has 1 aromatic rings.